The lowest BCUT2D eigenvalue weighted by atomic mass is 10.1. The van der Waals surface area contributed by atoms with Crippen molar-refractivity contribution in [3.8, 4) is 16.9 Å². The van der Waals surface area contributed by atoms with Gasteiger partial charge in [0.15, 0.2) is 0 Å². The molecule has 1 heterocycles. The molecule has 0 fully saturated rings. The SMILES string of the molecule is Cc1nccn1CC(O)COc1ccc(-c2ccccc2)cc1. The Bertz CT molecular complexity index is 736. The maximum Gasteiger partial charge on any atom is 0.119 e. The molecule has 0 saturated heterocycles. The molecule has 118 valence electrons. The molecule has 3 rings (SSSR count). The Hall–Kier alpha value is -2.59. The van der Waals surface area contributed by atoms with E-state index in [1.807, 2.05) is 60.2 Å². The smallest absolute Gasteiger partial charge is 0.119 e. The van der Waals surface area contributed by atoms with E-state index in [0.29, 0.717) is 6.54 Å². The second kappa shape index (κ2) is 7.11. The van der Waals surface area contributed by atoms with Crippen molar-refractivity contribution >= 4 is 0 Å². The van der Waals surface area contributed by atoms with E-state index < -0.39 is 6.10 Å². The number of hydrogen-bond acceptors (Lipinski definition) is 3. The van der Waals surface area contributed by atoms with Crippen molar-refractivity contribution in [3.63, 3.8) is 0 Å². The van der Waals surface area contributed by atoms with Crippen LogP contribution in [0.4, 0.5) is 0 Å². The van der Waals surface area contributed by atoms with E-state index in [1.54, 1.807) is 6.20 Å². The van der Waals surface area contributed by atoms with E-state index in [2.05, 4.69) is 17.1 Å². The summed E-state index contributed by atoms with van der Waals surface area (Å²) in [5, 5.41) is 10.1. The molecule has 0 amide bonds. The third kappa shape index (κ3) is 3.99. The first-order valence-corrected chi connectivity index (χ1v) is 7.66. The van der Waals surface area contributed by atoms with Crippen LogP contribution in [0.2, 0.25) is 0 Å². The van der Waals surface area contributed by atoms with E-state index in [4.69, 9.17) is 4.74 Å². The summed E-state index contributed by atoms with van der Waals surface area (Å²) in [6.07, 6.45) is 3.01. The second-order valence-electron chi connectivity index (χ2n) is 5.48. The molecule has 4 heteroatoms. The van der Waals surface area contributed by atoms with Crippen molar-refractivity contribution in [1.29, 1.82) is 0 Å². The fraction of sp³-hybridized carbons (Fsp3) is 0.211. The van der Waals surface area contributed by atoms with Gasteiger partial charge in [-0.2, -0.15) is 0 Å². The number of hydrogen-bond donors (Lipinski definition) is 1. The van der Waals surface area contributed by atoms with Crippen LogP contribution in [0.1, 0.15) is 5.82 Å². The van der Waals surface area contributed by atoms with Crippen molar-refractivity contribution in [1.82, 2.24) is 9.55 Å². The molecule has 0 aliphatic rings. The van der Waals surface area contributed by atoms with Crippen LogP contribution in [0, 0.1) is 6.92 Å². The summed E-state index contributed by atoms with van der Waals surface area (Å²) in [5.41, 5.74) is 2.32. The number of aliphatic hydroxyl groups is 1. The number of benzene rings is 2. The highest BCUT2D eigenvalue weighted by atomic mass is 16.5. The van der Waals surface area contributed by atoms with Crippen molar-refractivity contribution in [2.45, 2.75) is 19.6 Å². The zero-order valence-corrected chi connectivity index (χ0v) is 13.1. The third-order valence-electron chi connectivity index (χ3n) is 3.73. The first-order chi connectivity index (χ1) is 11.2. The Morgan fingerprint density at radius 1 is 1.04 bits per heavy atom. The standard InChI is InChI=1S/C19H20N2O2/c1-15-20-11-12-21(15)13-18(22)14-23-19-9-7-17(8-10-19)16-5-3-2-4-6-16/h2-12,18,22H,13-14H2,1H3. The number of ether oxygens (including phenoxy) is 1. The summed E-state index contributed by atoms with van der Waals surface area (Å²) in [5.74, 6) is 1.64. The molecule has 2 aromatic carbocycles. The minimum atomic E-state index is -0.573. The van der Waals surface area contributed by atoms with Crippen LogP contribution in [0.5, 0.6) is 5.75 Å². The molecule has 1 aromatic heterocycles. The van der Waals surface area contributed by atoms with E-state index >= 15 is 0 Å². The summed E-state index contributed by atoms with van der Waals surface area (Å²) >= 11 is 0. The summed E-state index contributed by atoms with van der Waals surface area (Å²) in [6, 6.07) is 18.1. The molecule has 1 unspecified atom stereocenters. The van der Waals surface area contributed by atoms with Crippen molar-refractivity contribution in [3.05, 3.63) is 72.8 Å². The summed E-state index contributed by atoms with van der Waals surface area (Å²) < 4.78 is 7.57. The highest BCUT2D eigenvalue weighted by molar-refractivity contribution is 5.63. The van der Waals surface area contributed by atoms with Gasteiger partial charge in [-0.1, -0.05) is 42.5 Å². The Morgan fingerprint density at radius 3 is 2.39 bits per heavy atom. The van der Waals surface area contributed by atoms with Gasteiger partial charge in [0.1, 0.15) is 24.3 Å². The lowest BCUT2D eigenvalue weighted by Crippen LogP contribution is -2.23. The first-order valence-electron chi connectivity index (χ1n) is 7.66. The number of aliphatic hydroxyl groups excluding tert-OH is 1. The Balaban J connectivity index is 1.55. The van der Waals surface area contributed by atoms with Gasteiger partial charge in [-0.15, -0.1) is 0 Å². The normalized spacial score (nSPS) is 12.1. The lowest BCUT2D eigenvalue weighted by molar-refractivity contribution is 0.0919. The summed E-state index contributed by atoms with van der Waals surface area (Å²) in [6.45, 7) is 2.64. The van der Waals surface area contributed by atoms with Crippen molar-refractivity contribution in [2.75, 3.05) is 6.61 Å². The molecule has 23 heavy (non-hydrogen) atoms. The molecule has 0 bridgehead atoms. The number of imidazole rings is 1. The lowest BCUT2D eigenvalue weighted by Gasteiger charge is -2.14. The minimum absolute atomic E-state index is 0.252. The van der Waals surface area contributed by atoms with Gasteiger partial charge >= 0.3 is 0 Å². The first kappa shape index (κ1) is 15.3. The van der Waals surface area contributed by atoms with Crippen LogP contribution in [0.25, 0.3) is 11.1 Å². The predicted molar refractivity (Wildman–Crippen MR) is 90.3 cm³/mol. The fourth-order valence-electron chi connectivity index (χ4n) is 2.44. The molecular weight excluding hydrogens is 288 g/mol. The van der Waals surface area contributed by atoms with E-state index in [0.717, 1.165) is 17.1 Å². The largest absolute Gasteiger partial charge is 0.491 e. The van der Waals surface area contributed by atoms with Crippen LogP contribution < -0.4 is 4.74 Å². The van der Waals surface area contributed by atoms with Crippen LogP contribution in [0.3, 0.4) is 0 Å². The number of aryl methyl sites for hydroxylation is 1. The topological polar surface area (TPSA) is 47.3 Å². The molecule has 3 aromatic rings. The number of nitrogens with zero attached hydrogens (tertiary/aromatic N) is 2. The van der Waals surface area contributed by atoms with Gasteiger partial charge in [0, 0.05) is 12.4 Å². The van der Waals surface area contributed by atoms with Gasteiger partial charge in [0.2, 0.25) is 0 Å². The third-order valence-corrected chi connectivity index (χ3v) is 3.73. The highest BCUT2D eigenvalue weighted by Gasteiger charge is 2.08. The Morgan fingerprint density at radius 2 is 1.74 bits per heavy atom. The quantitative estimate of drug-likeness (QED) is 0.760. The molecule has 0 spiro atoms. The van der Waals surface area contributed by atoms with Crippen molar-refractivity contribution < 1.29 is 9.84 Å². The number of rotatable bonds is 6. The van der Waals surface area contributed by atoms with Gasteiger partial charge in [-0.05, 0) is 30.2 Å². The van der Waals surface area contributed by atoms with Gasteiger partial charge in [0.25, 0.3) is 0 Å². The van der Waals surface area contributed by atoms with Crippen molar-refractivity contribution in [2.24, 2.45) is 0 Å². The molecule has 0 saturated carbocycles. The van der Waals surface area contributed by atoms with Gasteiger partial charge < -0.3 is 14.4 Å². The molecule has 4 nitrogen and oxygen atoms in total. The Kier molecular flexibility index (Phi) is 4.74. The van der Waals surface area contributed by atoms with Crippen LogP contribution in [-0.2, 0) is 6.54 Å². The average molecular weight is 308 g/mol. The molecule has 1 atom stereocenters. The molecule has 1 N–H and O–H groups in total. The fourth-order valence-corrected chi connectivity index (χ4v) is 2.44. The van der Waals surface area contributed by atoms with Gasteiger partial charge in [-0.3, -0.25) is 0 Å². The average Bonchev–Trinajstić information content (AvgIpc) is 2.99. The Labute approximate surface area is 136 Å². The zero-order valence-electron chi connectivity index (χ0n) is 13.1. The van der Waals surface area contributed by atoms with E-state index in [1.165, 1.54) is 5.56 Å². The maximum absolute atomic E-state index is 10.1. The summed E-state index contributed by atoms with van der Waals surface area (Å²) in [4.78, 5) is 4.14. The van der Waals surface area contributed by atoms with Gasteiger partial charge in [-0.25, -0.2) is 4.98 Å². The van der Waals surface area contributed by atoms with Crippen LogP contribution in [-0.4, -0.2) is 27.4 Å². The zero-order chi connectivity index (χ0) is 16.1. The molecule has 0 aliphatic carbocycles. The minimum Gasteiger partial charge on any atom is -0.491 e. The second-order valence-corrected chi connectivity index (χ2v) is 5.48. The van der Waals surface area contributed by atoms with E-state index in [-0.39, 0.29) is 6.61 Å². The number of aromatic nitrogens is 2. The predicted octanol–water partition coefficient (Wildman–Crippen LogP) is 3.30. The summed E-state index contributed by atoms with van der Waals surface area (Å²) in [7, 11) is 0. The van der Waals surface area contributed by atoms with Gasteiger partial charge in [0.05, 0.1) is 6.54 Å². The molecule has 0 radical (unpaired) electrons. The highest BCUT2D eigenvalue weighted by Crippen LogP contribution is 2.22. The molecular formula is C19H20N2O2. The molecule has 0 aliphatic heterocycles. The monoisotopic (exact) mass is 308 g/mol. The maximum atomic E-state index is 10.1. The van der Waals surface area contributed by atoms with Crippen LogP contribution in [0.15, 0.2) is 67.0 Å². The van der Waals surface area contributed by atoms with E-state index in [9.17, 15) is 5.11 Å². The van der Waals surface area contributed by atoms with Crippen LogP contribution >= 0.6 is 0 Å².